The van der Waals surface area contributed by atoms with Gasteiger partial charge in [-0.3, -0.25) is 9.69 Å². The van der Waals surface area contributed by atoms with Crippen LogP contribution in [0, 0.1) is 0 Å². The van der Waals surface area contributed by atoms with Crippen LogP contribution in [0.4, 0.5) is 0 Å². The van der Waals surface area contributed by atoms with Crippen molar-refractivity contribution in [3.63, 3.8) is 0 Å². The van der Waals surface area contributed by atoms with Gasteiger partial charge in [-0.1, -0.05) is 18.2 Å². The quantitative estimate of drug-likeness (QED) is 0.790. The zero-order chi connectivity index (χ0) is 15.1. The largest absolute Gasteiger partial charge is 0.483 e. The maximum atomic E-state index is 11.8. The van der Waals surface area contributed by atoms with Crippen LogP contribution in [0.15, 0.2) is 24.3 Å². The Bertz CT molecular complexity index is 459. The summed E-state index contributed by atoms with van der Waals surface area (Å²) in [5, 5.41) is 2.93. The highest BCUT2D eigenvalue weighted by Gasteiger charge is 2.18. The van der Waals surface area contributed by atoms with E-state index in [2.05, 4.69) is 17.1 Å². The summed E-state index contributed by atoms with van der Waals surface area (Å²) < 4.78 is 5.54. The lowest BCUT2D eigenvalue weighted by atomic mass is 10.2. The highest BCUT2D eigenvalue weighted by atomic mass is 16.5. The molecule has 3 N–H and O–H groups in total. The van der Waals surface area contributed by atoms with Crippen molar-refractivity contribution in [2.75, 3.05) is 26.2 Å². The molecule has 1 aliphatic heterocycles. The maximum Gasteiger partial charge on any atom is 0.257 e. The van der Waals surface area contributed by atoms with Gasteiger partial charge < -0.3 is 15.8 Å². The van der Waals surface area contributed by atoms with Gasteiger partial charge in [0.1, 0.15) is 5.75 Å². The number of carbonyl (C=O) groups excluding carboxylic acids is 1. The Balaban J connectivity index is 1.72. The Kier molecular flexibility index (Phi) is 6.02. The van der Waals surface area contributed by atoms with Crippen LogP contribution in [0.5, 0.6) is 5.75 Å². The number of nitrogens with two attached hydrogens (primary N) is 1. The summed E-state index contributed by atoms with van der Waals surface area (Å²) >= 11 is 0. The summed E-state index contributed by atoms with van der Waals surface area (Å²) in [5.41, 5.74) is 6.55. The van der Waals surface area contributed by atoms with Gasteiger partial charge in [-0.15, -0.1) is 0 Å². The molecule has 1 atom stereocenters. The maximum absolute atomic E-state index is 11.8. The Labute approximate surface area is 126 Å². The lowest BCUT2D eigenvalue weighted by Crippen LogP contribution is -2.42. The minimum absolute atomic E-state index is 0.0315. The number of ether oxygens (including phenoxy) is 1. The van der Waals surface area contributed by atoms with E-state index < -0.39 is 0 Å². The molecular formula is C16H25N3O2. The fourth-order valence-corrected chi connectivity index (χ4v) is 2.58. The van der Waals surface area contributed by atoms with Gasteiger partial charge >= 0.3 is 0 Å². The van der Waals surface area contributed by atoms with Crippen molar-refractivity contribution in [1.82, 2.24) is 10.2 Å². The molecule has 0 spiro atoms. The topological polar surface area (TPSA) is 67.6 Å². The first-order valence-corrected chi connectivity index (χ1v) is 7.62. The Hall–Kier alpha value is -1.59. The van der Waals surface area contributed by atoms with Gasteiger partial charge in [0, 0.05) is 24.7 Å². The molecule has 0 bridgehead atoms. The molecule has 1 amide bonds. The Morgan fingerprint density at radius 1 is 1.38 bits per heavy atom. The average molecular weight is 291 g/mol. The van der Waals surface area contributed by atoms with Crippen molar-refractivity contribution in [1.29, 1.82) is 0 Å². The Morgan fingerprint density at radius 2 is 2.10 bits per heavy atom. The predicted molar refractivity (Wildman–Crippen MR) is 83.1 cm³/mol. The standard InChI is InChI=1S/C16H25N3O2/c1-13(19-8-4-5-9-19)11-18-16(20)12-21-15-7-3-2-6-14(15)10-17/h2-3,6-7,13H,4-5,8-12,17H2,1H3,(H,18,20). The van der Waals surface area contributed by atoms with Gasteiger partial charge in [0.25, 0.3) is 5.91 Å². The molecule has 0 aromatic heterocycles. The molecule has 0 aliphatic carbocycles. The van der Waals surface area contributed by atoms with E-state index >= 15 is 0 Å². The SMILES string of the molecule is CC(CNC(=O)COc1ccccc1CN)N1CCCC1. The zero-order valence-electron chi connectivity index (χ0n) is 12.7. The number of nitrogens with zero attached hydrogens (tertiary/aromatic N) is 1. The Morgan fingerprint density at radius 3 is 2.81 bits per heavy atom. The molecule has 1 saturated heterocycles. The number of hydrogen-bond donors (Lipinski definition) is 2. The highest BCUT2D eigenvalue weighted by molar-refractivity contribution is 5.77. The minimum atomic E-state index is -0.0899. The molecular weight excluding hydrogens is 266 g/mol. The van der Waals surface area contributed by atoms with E-state index in [-0.39, 0.29) is 12.5 Å². The number of benzene rings is 1. The van der Waals surface area contributed by atoms with E-state index in [1.165, 1.54) is 12.8 Å². The number of nitrogens with one attached hydrogen (secondary N) is 1. The predicted octanol–water partition coefficient (Wildman–Crippen LogP) is 1.12. The van der Waals surface area contributed by atoms with Gasteiger partial charge in [0.15, 0.2) is 6.61 Å². The molecule has 1 aliphatic rings. The van der Waals surface area contributed by atoms with Crippen molar-refractivity contribution in [2.45, 2.75) is 32.4 Å². The van der Waals surface area contributed by atoms with Crippen LogP contribution in [0.2, 0.25) is 0 Å². The van der Waals surface area contributed by atoms with Crippen molar-refractivity contribution in [3.05, 3.63) is 29.8 Å². The minimum Gasteiger partial charge on any atom is -0.483 e. The number of para-hydroxylation sites is 1. The lowest BCUT2D eigenvalue weighted by Gasteiger charge is -2.23. The van der Waals surface area contributed by atoms with Crippen molar-refractivity contribution >= 4 is 5.91 Å². The second-order valence-electron chi connectivity index (χ2n) is 5.50. The molecule has 2 rings (SSSR count). The first-order chi connectivity index (χ1) is 10.2. The summed E-state index contributed by atoms with van der Waals surface area (Å²) in [4.78, 5) is 14.3. The summed E-state index contributed by atoms with van der Waals surface area (Å²) in [6.45, 7) is 5.53. The van der Waals surface area contributed by atoms with Crippen LogP contribution in [0.3, 0.4) is 0 Å². The third-order valence-corrected chi connectivity index (χ3v) is 3.91. The van der Waals surface area contributed by atoms with Crippen LogP contribution in [-0.2, 0) is 11.3 Å². The number of amides is 1. The average Bonchev–Trinajstić information content (AvgIpc) is 3.05. The van der Waals surface area contributed by atoms with Gasteiger partial charge in [-0.25, -0.2) is 0 Å². The molecule has 116 valence electrons. The van der Waals surface area contributed by atoms with Crippen LogP contribution in [0.25, 0.3) is 0 Å². The second-order valence-corrected chi connectivity index (χ2v) is 5.50. The summed E-state index contributed by atoms with van der Waals surface area (Å²) in [6, 6.07) is 7.91. The van der Waals surface area contributed by atoms with Crippen molar-refractivity contribution < 1.29 is 9.53 Å². The van der Waals surface area contributed by atoms with E-state index in [0.717, 1.165) is 18.7 Å². The summed E-state index contributed by atoms with van der Waals surface area (Å²) in [7, 11) is 0. The molecule has 1 fully saturated rings. The molecule has 5 nitrogen and oxygen atoms in total. The number of rotatable bonds is 7. The molecule has 1 aromatic rings. The van der Waals surface area contributed by atoms with E-state index in [1.54, 1.807) is 0 Å². The number of carbonyl (C=O) groups is 1. The molecule has 0 saturated carbocycles. The van der Waals surface area contributed by atoms with E-state index in [1.807, 2.05) is 24.3 Å². The fourth-order valence-electron chi connectivity index (χ4n) is 2.58. The van der Waals surface area contributed by atoms with Crippen LogP contribution in [0.1, 0.15) is 25.3 Å². The molecule has 0 radical (unpaired) electrons. The molecule has 1 unspecified atom stereocenters. The monoisotopic (exact) mass is 291 g/mol. The molecule has 21 heavy (non-hydrogen) atoms. The third kappa shape index (κ3) is 4.72. The second kappa shape index (κ2) is 8.00. The molecule has 1 heterocycles. The zero-order valence-corrected chi connectivity index (χ0v) is 12.7. The first kappa shape index (κ1) is 15.8. The summed E-state index contributed by atoms with van der Waals surface area (Å²) in [6.07, 6.45) is 2.52. The van der Waals surface area contributed by atoms with Crippen molar-refractivity contribution in [3.8, 4) is 5.75 Å². The van der Waals surface area contributed by atoms with E-state index in [9.17, 15) is 4.79 Å². The number of hydrogen-bond acceptors (Lipinski definition) is 4. The van der Waals surface area contributed by atoms with Gasteiger partial charge in [-0.05, 0) is 38.9 Å². The summed E-state index contributed by atoms with van der Waals surface area (Å²) in [5.74, 6) is 0.593. The third-order valence-electron chi connectivity index (χ3n) is 3.91. The van der Waals surface area contributed by atoms with Crippen molar-refractivity contribution in [2.24, 2.45) is 5.73 Å². The fraction of sp³-hybridized carbons (Fsp3) is 0.562. The normalized spacial score (nSPS) is 16.7. The molecule has 5 heteroatoms. The van der Waals surface area contributed by atoms with Crippen LogP contribution < -0.4 is 15.8 Å². The first-order valence-electron chi connectivity index (χ1n) is 7.62. The van der Waals surface area contributed by atoms with Gasteiger partial charge in [-0.2, -0.15) is 0 Å². The van der Waals surface area contributed by atoms with Crippen LogP contribution >= 0.6 is 0 Å². The van der Waals surface area contributed by atoms with E-state index in [4.69, 9.17) is 10.5 Å². The van der Waals surface area contributed by atoms with Gasteiger partial charge in [0.2, 0.25) is 0 Å². The lowest BCUT2D eigenvalue weighted by molar-refractivity contribution is -0.123. The smallest absolute Gasteiger partial charge is 0.257 e. The van der Waals surface area contributed by atoms with Crippen LogP contribution in [-0.4, -0.2) is 43.1 Å². The molecule has 1 aromatic carbocycles. The van der Waals surface area contributed by atoms with E-state index in [0.29, 0.717) is 24.9 Å². The number of likely N-dealkylation sites (tertiary alicyclic amines) is 1. The highest BCUT2D eigenvalue weighted by Crippen LogP contribution is 2.16. The van der Waals surface area contributed by atoms with Gasteiger partial charge in [0.05, 0.1) is 0 Å².